The Hall–Kier alpha value is -0.960. The Labute approximate surface area is 107 Å². The first-order valence-corrected chi connectivity index (χ1v) is 6.76. The summed E-state index contributed by atoms with van der Waals surface area (Å²) in [6, 6.07) is 3.68. The number of rotatable bonds is 3. The molecular formula is C15H21F2N. The summed E-state index contributed by atoms with van der Waals surface area (Å²) >= 11 is 0. The fourth-order valence-electron chi connectivity index (χ4n) is 3.06. The Bertz CT molecular complexity index is 397. The summed E-state index contributed by atoms with van der Waals surface area (Å²) < 4.78 is 27.1. The largest absolute Gasteiger partial charge is 0.330 e. The molecule has 0 heterocycles. The molecule has 100 valence electrons. The van der Waals surface area contributed by atoms with Crippen LogP contribution < -0.4 is 5.73 Å². The van der Waals surface area contributed by atoms with Crippen LogP contribution in [-0.2, 0) is 0 Å². The first-order chi connectivity index (χ1) is 8.61. The van der Waals surface area contributed by atoms with Gasteiger partial charge in [0.05, 0.1) is 0 Å². The second kappa shape index (κ2) is 5.79. The lowest BCUT2D eigenvalue weighted by Gasteiger charge is -2.32. The molecule has 1 aromatic carbocycles. The van der Waals surface area contributed by atoms with Gasteiger partial charge in [-0.2, -0.15) is 0 Å². The molecule has 2 N–H and O–H groups in total. The summed E-state index contributed by atoms with van der Waals surface area (Å²) in [7, 11) is 0. The van der Waals surface area contributed by atoms with Gasteiger partial charge < -0.3 is 5.73 Å². The predicted molar refractivity (Wildman–Crippen MR) is 69.3 cm³/mol. The first kappa shape index (κ1) is 13.5. The summed E-state index contributed by atoms with van der Waals surface area (Å²) in [4.78, 5) is 0. The Balaban J connectivity index is 2.19. The first-order valence-electron chi connectivity index (χ1n) is 6.76. The van der Waals surface area contributed by atoms with Crippen LogP contribution in [0.15, 0.2) is 18.2 Å². The van der Waals surface area contributed by atoms with Crippen LogP contribution in [0, 0.1) is 23.5 Å². The highest BCUT2D eigenvalue weighted by molar-refractivity contribution is 5.24. The molecule has 1 unspecified atom stereocenters. The molecule has 1 saturated carbocycles. The summed E-state index contributed by atoms with van der Waals surface area (Å²) in [6.07, 6.45) is 4.47. The fourth-order valence-corrected chi connectivity index (χ4v) is 3.06. The van der Waals surface area contributed by atoms with Crippen LogP contribution in [0.3, 0.4) is 0 Å². The van der Waals surface area contributed by atoms with E-state index in [1.165, 1.54) is 12.1 Å². The Morgan fingerprint density at radius 3 is 2.50 bits per heavy atom. The van der Waals surface area contributed by atoms with Crippen molar-refractivity contribution in [2.45, 2.75) is 38.5 Å². The van der Waals surface area contributed by atoms with Gasteiger partial charge in [0, 0.05) is 5.92 Å². The van der Waals surface area contributed by atoms with Crippen molar-refractivity contribution in [3.05, 3.63) is 35.4 Å². The highest BCUT2D eigenvalue weighted by Crippen LogP contribution is 2.38. The maximum Gasteiger partial charge on any atom is 0.126 e. The molecule has 0 spiro atoms. The van der Waals surface area contributed by atoms with E-state index in [4.69, 9.17) is 5.73 Å². The number of benzene rings is 1. The predicted octanol–water partition coefficient (Wildman–Crippen LogP) is 3.83. The topological polar surface area (TPSA) is 26.0 Å². The van der Waals surface area contributed by atoms with E-state index in [1.807, 2.05) is 0 Å². The maximum atomic E-state index is 13.8. The third kappa shape index (κ3) is 2.89. The van der Waals surface area contributed by atoms with Crippen LogP contribution in [0.2, 0.25) is 0 Å². The summed E-state index contributed by atoms with van der Waals surface area (Å²) in [5, 5.41) is 0. The van der Waals surface area contributed by atoms with Crippen molar-refractivity contribution in [1.82, 2.24) is 0 Å². The molecule has 1 aromatic rings. The number of nitrogens with two attached hydrogens (primary N) is 1. The van der Waals surface area contributed by atoms with Gasteiger partial charge in [-0.05, 0) is 55.0 Å². The summed E-state index contributed by atoms with van der Waals surface area (Å²) in [5.74, 6) is 0.382. The minimum Gasteiger partial charge on any atom is -0.330 e. The molecule has 1 aliphatic rings. The molecule has 0 saturated heterocycles. The van der Waals surface area contributed by atoms with Crippen LogP contribution in [-0.4, -0.2) is 6.54 Å². The average molecular weight is 253 g/mol. The zero-order valence-corrected chi connectivity index (χ0v) is 10.8. The van der Waals surface area contributed by atoms with Gasteiger partial charge in [-0.1, -0.05) is 19.8 Å². The second-order valence-electron chi connectivity index (χ2n) is 5.53. The monoisotopic (exact) mass is 253 g/mol. The van der Waals surface area contributed by atoms with Crippen molar-refractivity contribution < 1.29 is 8.78 Å². The minimum absolute atomic E-state index is 0.0480. The van der Waals surface area contributed by atoms with Crippen molar-refractivity contribution in [1.29, 1.82) is 0 Å². The van der Waals surface area contributed by atoms with Gasteiger partial charge in [-0.25, -0.2) is 8.78 Å². The molecule has 0 amide bonds. The van der Waals surface area contributed by atoms with Gasteiger partial charge in [0.2, 0.25) is 0 Å². The minimum atomic E-state index is -0.381. The quantitative estimate of drug-likeness (QED) is 0.870. The third-order valence-electron chi connectivity index (χ3n) is 4.24. The number of hydrogen-bond acceptors (Lipinski definition) is 1. The van der Waals surface area contributed by atoms with E-state index in [-0.39, 0.29) is 17.6 Å². The van der Waals surface area contributed by atoms with Crippen LogP contribution in [0.4, 0.5) is 8.78 Å². The van der Waals surface area contributed by atoms with Crippen molar-refractivity contribution >= 4 is 0 Å². The van der Waals surface area contributed by atoms with Crippen LogP contribution in [0.1, 0.15) is 44.1 Å². The van der Waals surface area contributed by atoms with Gasteiger partial charge >= 0.3 is 0 Å². The zero-order chi connectivity index (χ0) is 13.1. The van der Waals surface area contributed by atoms with E-state index in [1.54, 1.807) is 0 Å². The lowest BCUT2D eigenvalue weighted by molar-refractivity contribution is 0.253. The van der Waals surface area contributed by atoms with Crippen molar-refractivity contribution in [2.75, 3.05) is 6.54 Å². The van der Waals surface area contributed by atoms with E-state index in [0.29, 0.717) is 18.0 Å². The third-order valence-corrected chi connectivity index (χ3v) is 4.24. The van der Waals surface area contributed by atoms with Gasteiger partial charge in [0.15, 0.2) is 0 Å². The van der Waals surface area contributed by atoms with E-state index in [9.17, 15) is 8.78 Å². The van der Waals surface area contributed by atoms with Crippen molar-refractivity contribution in [2.24, 2.45) is 17.6 Å². The molecule has 0 radical (unpaired) electrons. The smallest absolute Gasteiger partial charge is 0.126 e. The standard InChI is InChI=1S/C15H21F2N/c1-10-2-4-11(5-3-10)14(9-18)13-8-12(16)6-7-15(13)17/h6-8,10-11,14H,2-5,9,18H2,1H3. The average Bonchev–Trinajstić information content (AvgIpc) is 2.37. The maximum absolute atomic E-state index is 13.8. The highest BCUT2D eigenvalue weighted by Gasteiger charge is 2.28. The Kier molecular flexibility index (Phi) is 4.33. The molecule has 18 heavy (non-hydrogen) atoms. The van der Waals surface area contributed by atoms with Gasteiger partial charge in [0.25, 0.3) is 0 Å². The normalized spacial score (nSPS) is 26.0. The zero-order valence-electron chi connectivity index (χ0n) is 10.8. The Morgan fingerprint density at radius 1 is 1.22 bits per heavy atom. The van der Waals surface area contributed by atoms with Gasteiger partial charge in [-0.3, -0.25) is 0 Å². The van der Waals surface area contributed by atoms with Crippen LogP contribution in [0.5, 0.6) is 0 Å². The van der Waals surface area contributed by atoms with Crippen LogP contribution in [0.25, 0.3) is 0 Å². The van der Waals surface area contributed by atoms with Crippen molar-refractivity contribution in [3.8, 4) is 0 Å². The number of halogens is 2. The summed E-state index contributed by atoms with van der Waals surface area (Å²) in [5.41, 5.74) is 6.26. The molecule has 0 aliphatic heterocycles. The van der Waals surface area contributed by atoms with Crippen molar-refractivity contribution in [3.63, 3.8) is 0 Å². The molecule has 2 rings (SSSR count). The molecular weight excluding hydrogens is 232 g/mol. The molecule has 0 bridgehead atoms. The molecule has 0 aromatic heterocycles. The summed E-state index contributed by atoms with van der Waals surface area (Å²) in [6.45, 7) is 2.63. The lowest BCUT2D eigenvalue weighted by Crippen LogP contribution is -2.26. The fraction of sp³-hybridized carbons (Fsp3) is 0.600. The van der Waals surface area contributed by atoms with Gasteiger partial charge in [0.1, 0.15) is 11.6 Å². The van der Waals surface area contributed by atoms with E-state index >= 15 is 0 Å². The van der Waals surface area contributed by atoms with E-state index < -0.39 is 0 Å². The molecule has 1 atom stereocenters. The Morgan fingerprint density at radius 2 is 1.89 bits per heavy atom. The van der Waals surface area contributed by atoms with E-state index in [2.05, 4.69) is 6.92 Å². The molecule has 1 aliphatic carbocycles. The SMILES string of the molecule is CC1CCC(C(CN)c2cc(F)ccc2F)CC1. The lowest BCUT2D eigenvalue weighted by atomic mass is 9.74. The molecule has 1 nitrogen and oxygen atoms in total. The van der Waals surface area contributed by atoms with Gasteiger partial charge in [-0.15, -0.1) is 0 Å². The number of hydrogen-bond donors (Lipinski definition) is 1. The van der Waals surface area contributed by atoms with Crippen LogP contribution >= 0.6 is 0 Å². The molecule has 1 fully saturated rings. The molecule has 3 heteroatoms. The second-order valence-corrected chi connectivity index (χ2v) is 5.53. The highest BCUT2D eigenvalue weighted by atomic mass is 19.1. The van der Waals surface area contributed by atoms with E-state index in [0.717, 1.165) is 37.7 Å².